The van der Waals surface area contributed by atoms with Gasteiger partial charge in [0, 0.05) is 36.6 Å². The van der Waals surface area contributed by atoms with Gasteiger partial charge in [-0.15, -0.1) is 24.0 Å². The maximum atomic E-state index is 12.1. The molecule has 0 spiro atoms. The maximum absolute atomic E-state index is 12.1. The second-order valence-corrected chi connectivity index (χ2v) is 7.07. The minimum atomic E-state index is 0. The van der Waals surface area contributed by atoms with E-state index in [0.717, 1.165) is 37.8 Å². The molecule has 0 aromatic heterocycles. The number of carbonyl (C=O) groups is 1. The van der Waals surface area contributed by atoms with Gasteiger partial charge in [0.05, 0.1) is 6.54 Å². The molecule has 0 saturated carbocycles. The van der Waals surface area contributed by atoms with Crippen molar-refractivity contribution in [3.63, 3.8) is 0 Å². The first-order valence-electron chi connectivity index (χ1n) is 9.21. The van der Waals surface area contributed by atoms with E-state index in [-0.39, 0.29) is 41.8 Å². The third-order valence-corrected chi connectivity index (χ3v) is 4.37. The van der Waals surface area contributed by atoms with Gasteiger partial charge in [0.2, 0.25) is 5.91 Å². The number of guanidine groups is 1. The lowest BCUT2D eigenvalue weighted by Gasteiger charge is -2.20. The van der Waals surface area contributed by atoms with Gasteiger partial charge in [-0.05, 0) is 37.6 Å². The molecule has 1 amide bonds. The molecular formula is C19H30ClIN4O2. The molecule has 0 radical (unpaired) electrons. The normalized spacial score (nSPS) is 16.9. The molecular weight excluding hydrogens is 479 g/mol. The van der Waals surface area contributed by atoms with Gasteiger partial charge in [-0.1, -0.05) is 25.4 Å². The largest absolute Gasteiger partial charge is 0.492 e. The van der Waals surface area contributed by atoms with Crippen LogP contribution < -0.4 is 15.4 Å². The van der Waals surface area contributed by atoms with Gasteiger partial charge in [-0.3, -0.25) is 4.79 Å². The van der Waals surface area contributed by atoms with Crippen LogP contribution in [0.5, 0.6) is 5.75 Å². The second kappa shape index (κ2) is 12.3. The first-order valence-corrected chi connectivity index (χ1v) is 9.59. The van der Waals surface area contributed by atoms with Crippen LogP contribution in [0, 0.1) is 5.92 Å². The number of halogens is 2. The fourth-order valence-corrected chi connectivity index (χ4v) is 2.93. The first-order chi connectivity index (χ1) is 12.5. The van der Waals surface area contributed by atoms with Crippen molar-refractivity contribution in [3.05, 3.63) is 29.3 Å². The molecule has 1 heterocycles. The second-order valence-electron chi connectivity index (χ2n) is 6.63. The number of hydrogen-bond acceptors (Lipinski definition) is 3. The highest BCUT2D eigenvalue weighted by molar-refractivity contribution is 14.0. The number of nitrogens with one attached hydrogen (secondary N) is 2. The van der Waals surface area contributed by atoms with Crippen molar-refractivity contribution in [1.82, 2.24) is 15.5 Å². The molecule has 2 N–H and O–H groups in total. The van der Waals surface area contributed by atoms with Gasteiger partial charge in [0.1, 0.15) is 12.4 Å². The number of amides is 1. The third kappa shape index (κ3) is 8.13. The molecule has 1 aromatic carbocycles. The molecule has 1 atom stereocenters. The van der Waals surface area contributed by atoms with Crippen molar-refractivity contribution in [2.24, 2.45) is 10.9 Å². The summed E-state index contributed by atoms with van der Waals surface area (Å²) in [5, 5.41) is 7.35. The summed E-state index contributed by atoms with van der Waals surface area (Å²) in [5.41, 5.74) is 0. The monoisotopic (exact) mass is 508 g/mol. The number of hydrogen-bond donors (Lipinski definition) is 2. The first kappa shape index (κ1) is 23.8. The Bertz CT molecular complexity index is 610. The number of carbonyl (C=O) groups excluding carboxylic acids is 1. The summed E-state index contributed by atoms with van der Waals surface area (Å²) in [4.78, 5) is 18.6. The Hall–Kier alpha value is -1.22. The summed E-state index contributed by atoms with van der Waals surface area (Å²) in [6, 6.07) is 7.52. The Morgan fingerprint density at radius 1 is 1.37 bits per heavy atom. The van der Waals surface area contributed by atoms with Crippen molar-refractivity contribution in [2.45, 2.75) is 33.2 Å². The predicted octanol–water partition coefficient (Wildman–Crippen LogP) is 3.15. The number of likely N-dealkylation sites (tertiary alicyclic amines) is 1. The average molecular weight is 509 g/mol. The quantitative estimate of drug-likeness (QED) is 0.257. The van der Waals surface area contributed by atoms with E-state index in [4.69, 9.17) is 16.3 Å². The summed E-state index contributed by atoms with van der Waals surface area (Å²) >= 11 is 5.86. The van der Waals surface area contributed by atoms with E-state index in [9.17, 15) is 4.79 Å². The smallest absolute Gasteiger partial charge is 0.225 e. The molecule has 0 aliphatic carbocycles. The van der Waals surface area contributed by atoms with Gasteiger partial charge in [-0.2, -0.15) is 0 Å². The number of aliphatic imine (C=N–C) groups is 1. The molecule has 1 aliphatic rings. The van der Waals surface area contributed by atoms with Crippen LogP contribution in [0.25, 0.3) is 0 Å². The molecule has 1 fully saturated rings. The highest BCUT2D eigenvalue weighted by Gasteiger charge is 2.27. The number of nitrogens with zero attached hydrogens (tertiary/aromatic N) is 2. The van der Waals surface area contributed by atoms with Crippen LogP contribution in [-0.4, -0.2) is 55.6 Å². The molecule has 0 bridgehead atoms. The lowest BCUT2D eigenvalue weighted by atomic mass is 10.2. The Morgan fingerprint density at radius 2 is 2.07 bits per heavy atom. The van der Waals surface area contributed by atoms with E-state index < -0.39 is 0 Å². The predicted molar refractivity (Wildman–Crippen MR) is 121 cm³/mol. The average Bonchev–Trinajstić information content (AvgIpc) is 3.08. The van der Waals surface area contributed by atoms with Crippen LogP contribution in [0.2, 0.25) is 5.02 Å². The highest BCUT2D eigenvalue weighted by atomic mass is 127. The van der Waals surface area contributed by atoms with Crippen molar-refractivity contribution in [3.8, 4) is 5.75 Å². The van der Waals surface area contributed by atoms with E-state index in [1.165, 1.54) is 0 Å². The summed E-state index contributed by atoms with van der Waals surface area (Å²) in [6.07, 6.45) is 0.935. The Kier molecular flexibility index (Phi) is 10.8. The van der Waals surface area contributed by atoms with E-state index >= 15 is 0 Å². The van der Waals surface area contributed by atoms with E-state index in [0.29, 0.717) is 18.2 Å². The molecule has 1 aromatic rings. The third-order valence-electron chi connectivity index (χ3n) is 4.12. The highest BCUT2D eigenvalue weighted by Crippen LogP contribution is 2.15. The lowest BCUT2D eigenvalue weighted by molar-refractivity contribution is -0.133. The molecule has 1 unspecified atom stereocenters. The Balaban J connectivity index is 0.00000364. The lowest BCUT2D eigenvalue weighted by Crippen LogP contribution is -2.45. The fraction of sp³-hybridized carbons (Fsp3) is 0.579. The van der Waals surface area contributed by atoms with Crippen LogP contribution in [0.4, 0.5) is 0 Å². The minimum Gasteiger partial charge on any atom is -0.492 e. The van der Waals surface area contributed by atoms with Crippen LogP contribution in [0.3, 0.4) is 0 Å². The molecule has 2 rings (SSSR count). The van der Waals surface area contributed by atoms with E-state index in [1.807, 2.05) is 37.8 Å². The summed E-state index contributed by atoms with van der Waals surface area (Å²) in [6.45, 7) is 9.25. The van der Waals surface area contributed by atoms with Crippen molar-refractivity contribution in [2.75, 3.05) is 32.8 Å². The van der Waals surface area contributed by atoms with Gasteiger partial charge < -0.3 is 20.3 Å². The van der Waals surface area contributed by atoms with Gasteiger partial charge >= 0.3 is 0 Å². The van der Waals surface area contributed by atoms with Crippen LogP contribution in [-0.2, 0) is 4.79 Å². The Morgan fingerprint density at radius 3 is 2.70 bits per heavy atom. The van der Waals surface area contributed by atoms with Gasteiger partial charge in [0.15, 0.2) is 5.96 Å². The Labute approximate surface area is 184 Å². The summed E-state index contributed by atoms with van der Waals surface area (Å²) in [5.74, 6) is 1.80. The van der Waals surface area contributed by atoms with Crippen LogP contribution in [0.1, 0.15) is 27.2 Å². The zero-order valence-corrected chi connectivity index (χ0v) is 19.3. The fourth-order valence-electron chi connectivity index (χ4n) is 2.81. The maximum Gasteiger partial charge on any atom is 0.225 e. The molecule has 1 aliphatic heterocycles. The van der Waals surface area contributed by atoms with E-state index in [1.54, 1.807) is 12.1 Å². The molecule has 1 saturated heterocycles. The molecule has 152 valence electrons. The molecule has 8 heteroatoms. The molecule has 6 nitrogen and oxygen atoms in total. The van der Waals surface area contributed by atoms with Crippen molar-refractivity contribution < 1.29 is 9.53 Å². The van der Waals surface area contributed by atoms with E-state index in [2.05, 4.69) is 15.6 Å². The van der Waals surface area contributed by atoms with Gasteiger partial charge in [-0.25, -0.2) is 4.99 Å². The SMILES string of the molecule is CCNC(=NCCOc1ccc(Cl)cc1)NC1CCN(C(=O)C(C)C)C1.I. The number of benzene rings is 1. The zero-order chi connectivity index (χ0) is 18.9. The van der Waals surface area contributed by atoms with Gasteiger partial charge in [0.25, 0.3) is 0 Å². The van der Waals surface area contributed by atoms with Crippen LogP contribution >= 0.6 is 35.6 Å². The summed E-state index contributed by atoms with van der Waals surface area (Å²) in [7, 11) is 0. The molecule has 27 heavy (non-hydrogen) atoms. The minimum absolute atomic E-state index is 0. The van der Waals surface area contributed by atoms with Crippen molar-refractivity contribution in [1.29, 1.82) is 0 Å². The summed E-state index contributed by atoms with van der Waals surface area (Å²) < 4.78 is 5.66. The van der Waals surface area contributed by atoms with Crippen LogP contribution in [0.15, 0.2) is 29.3 Å². The topological polar surface area (TPSA) is 66.0 Å². The standard InChI is InChI=1S/C19H29ClN4O2.HI/c1-4-21-19(22-10-12-26-17-7-5-15(20)6-8-17)23-16-9-11-24(13-16)18(25)14(2)3;/h5-8,14,16H,4,9-13H2,1-3H3,(H2,21,22,23);1H. The number of rotatable bonds is 7. The van der Waals surface area contributed by atoms with Crippen molar-refractivity contribution >= 4 is 47.4 Å². The number of ether oxygens (including phenoxy) is 1. The zero-order valence-electron chi connectivity index (χ0n) is 16.2.